The van der Waals surface area contributed by atoms with Crippen LogP contribution in [0.25, 0.3) is 0 Å². The molecule has 1 saturated heterocycles. The molecule has 1 atom stereocenters. The van der Waals surface area contributed by atoms with Crippen LogP contribution in [0.5, 0.6) is 5.75 Å². The van der Waals surface area contributed by atoms with Crippen LogP contribution in [-0.4, -0.2) is 63.4 Å². The van der Waals surface area contributed by atoms with E-state index in [1.54, 1.807) is 6.92 Å². The van der Waals surface area contributed by atoms with E-state index >= 15 is 0 Å². The second kappa shape index (κ2) is 9.20. The number of nitrogens with one attached hydrogen (secondary N) is 2. The molecule has 0 aromatic heterocycles. The van der Waals surface area contributed by atoms with Gasteiger partial charge in [0.2, 0.25) is 5.91 Å². The Balaban J connectivity index is 2.16. The van der Waals surface area contributed by atoms with Crippen LogP contribution in [0.3, 0.4) is 0 Å². The van der Waals surface area contributed by atoms with E-state index in [-0.39, 0.29) is 30.6 Å². The maximum Gasteiger partial charge on any atom is 0.416 e. The third-order valence-corrected chi connectivity index (χ3v) is 4.19. The Kier molecular flexibility index (Phi) is 7.24. The Hall–Kier alpha value is -1.84. The molecule has 0 bridgehead atoms. The predicted molar refractivity (Wildman–Crippen MR) is 91.3 cm³/mol. The average molecular weight is 375 g/mol. The molecule has 1 aromatic carbocycles. The van der Waals surface area contributed by atoms with Crippen molar-refractivity contribution in [2.75, 3.05) is 51.8 Å². The number of anilines is 1. The van der Waals surface area contributed by atoms with Crippen LogP contribution < -0.4 is 15.4 Å². The van der Waals surface area contributed by atoms with Crippen LogP contribution in [-0.2, 0) is 15.7 Å². The van der Waals surface area contributed by atoms with Gasteiger partial charge in [0.15, 0.2) is 0 Å². The highest BCUT2D eigenvalue weighted by Crippen LogP contribution is 2.35. The molecule has 1 heterocycles. The third kappa shape index (κ3) is 5.58. The molecule has 1 aromatic rings. The van der Waals surface area contributed by atoms with Gasteiger partial charge in [0.1, 0.15) is 12.4 Å². The Morgan fingerprint density at radius 1 is 1.31 bits per heavy atom. The maximum absolute atomic E-state index is 13.0. The highest BCUT2D eigenvalue weighted by molar-refractivity contribution is 5.96. The summed E-state index contributed by atoms with van der Waals surface area (Å²) in [6, 6.07) is 2.57. The third-order valence-electron chi connectivity index (χ3n) is 4.19. The molecule has 0 aliphatic carbocycles. The van der Waals surface area contributed by atoms with Crippen molar-refractivity contribution in [3.05, 3.63) is 23.8 Å². The minimum absolute atomic E-state index is 0.00270. The fourth-order valence-corrected chi connectivity index (χ4v) is 2.64. The number of carbonyl (C=O) groups excluding carboxylic acids is 1. The van der Waals surface area contributed by atoms with Crippen LogP contribution in [0.2, 0.25) is 0 Å². The summed E-state index contributed by atoms with van der Waals surface area (Å²) in [5.41, 5.74) is -0.843. The number of carbonyl (C=O) groups is 1. The summed E-state index contributed by atoms with van der Waals surface area (Å²) in [6.07, 6.45) is -4.51. The van der Waals surface area contributed by atoms with Crippen molar-refractivity contribution in [3.63, 3.8) is 0 Å². The van der Waals surface area contributed by atoms with E-state index < -0.39 is 17.8 Å². The van der Waals surface area contributed by atoms with Gasteiger partial charge in [0.05, 0.1) is 23.9 Å². The molecule has 1 aliphatic heterocycles. The second-order valence-electron chi connectivity index (χ2n) is 6.00. The standard InChI is InChI=1S/C17H24F3N3O3/c1-12(23-7-5-21-6-8-23)16(24)22-14-11-13(17(18,19)20)3-4-15(14)26-10-9-25-2/h3-4,11-12,21H,5-10H2,1-2H3,(H,22,24). The van der Waals surface area contributed by atoms with E-state index in [0.717, 1.165) is 25.2 Å². The van der Waals surface area contributed by atoms with Crippen molar-refractivity contribution in [1.82, 2.24) is 10.2 Å². The lowest BCUT2D eigenvalue weighted by Gasteiger charge is -2.32. The summed E-state index contributed by atoms with van der Waals surface area (Å²) >= 11 is 0. The molecular weight excluding hydrogens is 351 g/mol. The number of alkyl halides is 3. The highest BCUT2D eigenvalue weighted by Gasteiger charge is 2.32. The predicted octanol–water partition coefficient (Wildman–Crippen LogP) is 1.96. The zero-order valence-electron chi connectivity index (χ0n) is 14.9. The highest BCUT2D eigenvalue weighted by atomic mass is 19.4. The van der Waals surface area contributed by atoms with Gasteiger partial charge in [0, 0.05) is 33.3 Å². The summed E-state index contributed by atoms with van der Waals surface area (Å²) < 4.78 is 49.3. The molecular formula is C17H24F3N3O3. The van der Waals surface area contributed by atoms with E-state index in [0.29, 0.717) is 13.1 Å². The van der Waals surface area contributed by atoms with Crippen LogP contribution in [0.1, 0.15) is 12.5 Å². The van der Waals surface area contributed by atoms with E-state index in [1.807, 2.05) is 4.90 Å². The lowest BCUT2D eigenvalue weighted by molar-refractivity contribution is -0.137. The lowest BCUT2D eigenvalue weighted by Crippen LogP contribution is -2.51. The van der Waals surface area contributed by atoms with Gasteiger partial charge in [-0.15, -0.1) is 0 Å². The summed E-state index contributed by atoms with van der Waals surface area (Å²) in [6.45, 7) is 5.13. The number of hydrogen-bond donors (Lipinski definition) is 2. The molecule has 0 spiro atoms. The molecule has 1 aliphatic rings. The topological polar surface area (TPSA) is 62.8 Å². The number of methoxy groups -OCH3 is 1. The largest absolute Gasteiger partial charge is 0.489 e. The van der Waals surface area contributed by atoms with Crippen molar-refractivity contribution in [3.8, 4) is 5.75 Å². The molecule has 1 amide bonds. The minimum atomic E-state index is -4.51. The van der Waals surface area contributed by atoms with Gasteiger partial charge < -0.3 is 20.1 Å². The van der Waals surface area contributed by atoms with Crippen LogP contribution in [0.15, 0.2) is 18.2 Å². The minimum Gasteiger partial charge on any atom is -0.489 e. The van der Waals surface area contributed by atoms with Gasteiger partial charge in [0.25, 0.3) is 0 Å². The van der Waals surface area contributed by atoms with Crippen LogP contribution in [0.4, 0.5) is 18.9 Å². The first-order valence-corrected chi connectivity index (χ1v) is 8.41. The number of piperazine rings is 1. The first-order chi connectivity index (χ1) is 12.3. The van der Waals surface area contributed by atoms with Gasteiger partial charge in [-0.3, -0.25) is 9.69 Å². The maximum atomic E-state index is 13.0. The van der Waals surface area contributed by atoms with Gasteiger partial charge in [-0.1, -0.05) is 0 Å². The summed E-state index contributed by atoms with van der Waals surface area (Å²) in [5, 5.41) is 5.77. The Morgan fingerprint density at radius 3 is 2.62 bits per heavy atom. The molecule has 6 nitrogen and oxygen atoms in total. The van der Waals surface area contributed by atoms with Crippen molar-refractivity contribution >= 4 is 11.6 Å². The number of nitrogens with zero attached hydrogens (tertiary/aromatic N) is 1. The number of amides is 1. The van der Waals surface area contributed by atoms with Gasteiger partial charge in [-0.25, -0.2) is 0 Å². The monoisotopic (exact) mass is 375 g/mol. The Bertz CT molecular complexity index is 605. The fourth-order valence-electron chi connectivity index (χ4n) is 2.64. The summed E-state index contributed by atoms with van der Waals surface area (Å²) in [7, 11) is 1.49. The normalized spacial score (nSPS) is 17.0. The number of hydrogen-bond acceptors (Lipinski definition) is 5. The smallest absolute Gasteiger partial charge is 0.416 e. The van der Waals surface area contributed by atoms with Gasteiger partial charge >= 0.3 is 6.18 Å². The van der Waals surface area contributed by atoms with E-state index in [2.05, 4.69) is 10.6 Å². The number of rotatable bonds is 7. The van der Waals surface area contributed by atoms with E-state index in [1.165, 1.54) is 13.2 Å². The quantitative estimate of drug-likeness (QED) is 0.714. The SMILES string of the molecule is COCCOc1ccc(C(F)(F)F)cc1NC(=O)C(C)N1CCNCC1. The molecule has 1 fully saturated rings. The molecule has 1 unspecified atom stereocenters. The van der Waals surface area contributed by atoms with Crippen LogP contribution >= 0.6 is 0 Å². The van der Waals surface area contributed by atoms with Crippen molar-refractivity contribution in [1.29, 1.82) is 0 Å². The second-order valence-corrected chi connectivity index (χ2v) is 6.00. The fraction of sp³-hybridized carbons (Fsp3) is 0.588. The molecule has 146 valence electrons. The molecule has 2 N–H and O–H groups in total. The lowest BCUT2D eigenvalue weighted by atomic mass is 10.1. The Labute approximate surface area is 150 Å². The zero-order chi connectivity index (χ0) is 19.2. The first kappa shape index (κ1) is 20.5. The van der Waals surface area contributed by atoms with Crippen molar-refractivity contribution in [2.24, 2.45) is 0 Å². The molecule has 2 rings (SSSR count). The summed E-state index contributed by atoms with van der Waals surface area (Å²) in [5.74, 6) is -0.196. The van der Waals surface area contributed by atoms with Crippen molar-refractivity contribution in [2.45, 2.75) is 19.1 Å². The van der Waals surface area contributed by atoms with Crippen LogP contribution in [0, 0.1) is 0 Å². The molecule has 0 saturated carbocycles. The van der Waals surface area contributed by atoms with Gasteiger partial charge in [-0.2, -0.15) is 13.2 Å². The number of halogens is 3. The molecule has 0 radical (unpaired) electrons. The number of benzene rings is 1. The Morgan fingerprint density at radius 2 is 2.00 bits per heavy atom. The summed E-state index contributed by atoms with van der Waals surface area (Å²) in [4.78, 5) is 14.5. The van der Waals surface area contributed by atoms with Crippen molar-refractivity contribution < 1.29 is 27.4 Å². The molecule has 9 heteroatoms. The van der Waals surface area contributed by atoms with E-state index in [4.69, 9.17) is 9.47 Å². The van der Waals surface area contributed by atoms with E-state index in [9.17, 15) is 18.0 Å². The average Bonchev–Trinajstić information content (AvgIpc) is 2.62. The zero-order valence-corrected chi connectivity index (χ0v) is 14.9. The van der Waals surface area contributed by atoms with Gasteiger partial charge in [-0.05, 0) is 25.1 Å². The first-order valence-electron chi connectivity index (χ1n) is 8.41. The molecule has 26 heavy (non-hydrogen) atoms. The number of ether oxygens (including phenoxy) is 2.